The van der Waals surface area contributed by atoms with Gasteiger partial charge in [-0.25, -0.2) is 14.8 Å². The molecule has 2 heterocycles. The predicted molar refractivity (Wildman–Crippen MR) is 91.1 cm³/mol. The highest BCUT2D eigenvalue weighted by Gasteiger charge is 2.14. The SMILES string of the molecule is Nc1nc(SCCC(=O)O)nc2c1[nH]c(=O)n2Cc1ccccc1. The summed E-state index contributed by atoms with van der Waals surface area (Å²) < 4.78 is 1.49. The molecule has 0 aliphatic heterocycles. The van der Waals surface area contributed by atoms with Crippen molar-refractivity contribution in [2.45, 2.75) is 18.1 Å². The van der Waals surface area contributed by atoms with Crippen LogP contribution in [0.5, 0.6) is 0 Å². The number of nitrogen functional groups attached to an aromatic ring is 1. The topological polar surface area (TPSA) is 127 Å². The molecule has 3 aromatic rings. The number of rotatable bonds is 6. The molecule has 0 amide bonds. The molecule has 4 N–H and O–H groups in total. The summed E-state index contributed by atoms with van der Waals surface area (Å²) in [6, 6.07) is 9.52. The summed E-state index contributed by atoms with van der Waals surface area (Å²) in [4.78, 5) is 34.0. The maximum Gasteiger partial charge on any atom is 0.328 e. The van der Waals surface area contributed by atoms with E-state index in [9.17, 15) is 9.59 Å². The van der Waals surface area contributed by atoms with Gasteiger partial charge in [-0.1, -0.05) is 42.1 Å². The predicted octanol–water partition coefficient (Wildman–Crippen LogP) is 1.32. The molecule has 0 saturated carbocycles. The van der Waals surface area contributed by atoms with Gasteiger partial charge in [-0.15, -0.1) is 0 Å². The average molecular weight is 345 g/mol. The molecule has 24 heavy (non-hydrogen) atoms. The van der Waals surface area contributed by atoms with Gasteiger partial charge < -0.3 is 15.8 Å². The van der Waals surface area contributed by atoms with E-state index in [-0.39, 0.29) is 17.9 Å². The van der Waals surface area contributed by atoms with Crippen molar-refractivity contribution in [1.29, 1.82) is 0 Å². The van der Waals surface area contributed by atoms with Crippen molar-refractivity contribution in [3.05, 3.63) is 46.4 Å². The Balaban J connectivity index is 1.96. The Morgan fingerprint density at radius 2 is 2.04 bits per heavy atom. The van der Waals surface area contributed by atoms with Gasteiger partial charge in [0.15, 0.2) is 16.6 Å². The molecular weight excluding hydrogens is 330 g/mol. The standard InChI is InChI=1S/C15H15N5O3S/c16-12-11-13(19-14(18-12)24-7-6-10(21)22)20(15(23)17-11)8-9-4-2-1-3-5-9/h1-5H,6-8H2,(H,17,23)(H,21,22)(H2,16,18,19). The van der Waals surface area contributed by atoms with Crippen molar-refractivity contribution in [3.63, 3.8) is 0 Å². The van der Waals surface area contributed by atoms with Gasteiger partial charge in [0.05, 0.1) is 13.0 Å². The number of aromatic amines is 1. The number of nitrogens with one attached hydrogen (secondary N) is 1. The number of hydrogen-bond donors (Lipinski definition) is 3. The van der Waals surface area contributed by atoms with Gasteiger partial charge in [0.1, 0.15) is 5.52 Å². The van der Waals surface area contributed by atoms with Gasteiger partial charge in [-0.05, 0) is 5.56 Å². The highest BCUT2D eigenvalue weighted by molar-refractivity contribution is 7.99. The van der Waals surface area contributed by atoms with Crippen molar-refractivity contribution in [2.75, 3.05) is 11.5 Å². The Morgan fingerprint density at radius 3 is 2.75 bits per heavy atom. The third kappa shape index (κ3) is 3.40. The van der Waals surface area contributed by atoms with Crippen LogP contribution in [-0.2, 0) is 11.3 Å². The Hall–Kier alpha value is -2.81. The fourth-order valence-corrected chi connectivity index (χ4v) is 3.01. The van der Waals surface area contributed by atoms with Crippen LogP contribution in [-0.4, -0.2) is 36.3 Å². The summed E-state index contributed by atoms with van der Waals surface area (Å²) >= 11 is 1.19. The molecule has 0 aliphatic carbocycles. The largest absolute Gasteiger partial charge is 0.481 e. The Labute approximate surface area is 140 Å². The number of imidazole rings is 1. The molecule has 0 bridgehead atoms. The fourth-order valence-electron chi connectivity index (χ4n) is 2.24. The number of aromatic nitrogens is 4. The lowest BCUT2D eigenvalue weighted by atomic mass is 10.2. The molecule has 3 rings (SSSR count). The lowest BCUT2D eigenvalue weighted by molar-refractivity contribution is -0.136. The van der Waals surface area contributed by atoms with Gasteiger partial charge >= 0.3 is 11.7 Å². The first-order valence-corrected chi connectivity index (χ1v) is 8.17. The summed E-state index contributed by atoms with van der Waals surface area (Å²) in [7, 11) is 0. The molecule has 1 aromatic carbocycles. The molecule has 8 nitrogen and oxygen atoms in total. The minimum absolute atomic E-state index is 0.00404. The summed E-state index contributed by atoms with van der Waals surface area (Å²) in [5, 5.41) is 9.05. The summed E-state index contributed by atoms with van der Waals surface area (Å²) in [5.41, 5.74) is 7.34. The third-order valence-corrected chi connectivity index (χ3v) is 4.21. The molecule has 0 aliphatic rings. The van der Waals surface area contributed by atoms with Gasteiger partial charge in [0.25, 0.3) is 0 Å². The molecule has 0 radical (unpaired) electrons. The summed E-state index contributed by atoms with van der Waals surface area (Å²) in [6.45, 7) is 0.357. The van der Waals surface area contributed by atoms with Crippen LogP contribution >= 0.6 is 11.8 Å². The highest BCUT2D eigenvalue weighted by atomic mass is 32.2. The van der Waals surface area contributed by atoms with Crippen molar-refractivity contribution in [1.82, 2.24) is 19.5 Å². The number of fused-ring (bicyclic) bond motifs is 1. The number of carboxylic acids is 1. The lowest BCUT2D eigenvalue weighted by Crippen LogP contribution is -2.17. The van der Waals surface area contributed by atoms with Gasteiger partial charge in [0, 0.05) is 5.75 Å². The zero-order valence-electron chi connectivity index (χ0n) is 12.6. The maximum atomic E-state index is 12.2. The van der Waals surface area contributed by atoms with E-state index in [4.69, 9.17) is 10.8 Å². The van der Waals surface area contributed by atoms with Crippen LogP contribution in [0.3, 0.4) is 0 Å². The van der Waals surface area contributed by atoms with Crippen molar-refractivity contribution in [3.8, 4) is 0 Å². The first kappa shape index (κ1) is 16.1. The number of aliphatic carboxylic acids is 1. The lowest BCUT2D eigenvalue weighted by Gasteiger charge is -2.05. The average Bonchev–Trinajstić information content (AvgIpc) is 2.85. The first-order chi connectivity index (χ1) is 11.5. The van der Waals surface area contributed by atoms with E-state index in [0.29, 0.717) is 28.6 Å². The zero-order chi connectivity index (χ0) is 17.1. The minimum atomic E-state index is -0.890. The molecule has 0 atom stereocenters. The van der Waals surface area contributed by atoms with Crippen LogP contribution in [0.25, 0.3) is 11.2 Å². The number of H-pyrrole nitrogens is 1. The second-order valence-electron chi connectivity index (χ2n) is 5.08. The van der Waals surface area contributed by atoms with Crippen LogP contribution < -0.4 is 11.4 Å². The van der Waals surface area contributed by atoms with Crippen LogP contribution in [0, 0.1) is 0 Å². The molecule has 0 spiro atoms. The molecule has 0 saturated heterocycles. The van der Waals surface area contributed by atoms with E-state index in [1.807, 2.05) is 30.3 Å². The van der Waals surface area contributed by atoms with E-state index < -0.39 is 5.97 Å². The van der Waals surface area contributed by atoms with Crippen LogP contribution in [0.2, 0.25) is 0 Å². The number of nitrogens with zero attached hydrogens (tertiary/aromatic N) is 3. The quantitative estimate of drug-likeness (QED) is 0.454. The van der Waals surface area contributed by atoms with Crippen molar-refractivity contribution in [2.24, 2.45) is 0 Å². The molecule has 0 unspecified atom stereocenters. The van der Waals surface area contributed by atoms with E-state index in [2.05, 4.69) is 15.0 Å². The first-order valence-electron chi connectivity index (χ1n) is 7.19. The molecule has 2 aromatic heterocycles. The number of hydrogen-bond acceptors (Lipinski definition) is 6. The van der Waals surface area contributed by atoms with E-state index in [1.54, 1.807) is 0 Å². The van der Waals surface area contributed by atoms with Crippen molar-refractivity contribution >= 4 is 34.7 Å². The number of anilines is 1. The fraction of sp³-hybridized carbons (Fsp3) is 0.200. The maximum absolute atomic E-state index is 12.2. The third-order valence-electron chi connectivity index (χ3n) is 3.36. The van der Waals surface area contributed by atoms with E-state index >= 15 is 0 Å². The number of carboxylic acid groups (broad SMARTS) is 1. The highest BCUT2D eigenvalue weighted by Crippen LogP contribution is 2.21. The zero-order valence-corrected chi connectivity index (χ0v) is 13.4. The monoisotopic (exact) mass is 345 g/mol. The van der Waals surface area contributed by atoms with E-state index in [1.165, 1.54) is 16.3 Å². The minimum Gasteiger partial charge on any atom is -0.481 e. The Kier molecular flexibility index (Phi) is 4.52. The normalized spacial score (nSPS) is 11.0. The smallest absolute Gasteiger partial charge is 0.328 e. The molecule has 9 heteroatoms. The van der Waals surface area contributed by atoms with Crippen LogP contribution in [0.15, 0.2) is 40.3 Å². The molecule has 124 valence electrons. The van der Waals surface area contributed by atoms with Gasteiger partial charge in [-0.2, -0.15) is 0 Å². The second kappa shape index (κ2) is 6.75. The summed E-state index contributed by atoms with van der Waals surface area (Å²) in [5.74, 6) is -0.394. The summed E-state index contributed by atoms with van der Waals surface area (Å²) in [6.07, 6.45) is -0.00404. The van der Waals surface area contributed by atoms with Crippen LogP contribution in [0.4, 0.5) is 5.82 Å². The van der Waals surface area contributed by atoms with E-state index in [0.717, 1.165) is 5.56 Å². The van der Waals surface area contributed by atoms with Crippen LogP contribution in [0.1, 0.15) is 12.0 Å². The van der Waals surface area contributed by atoms with Gasteiger partial charge in [-0.3, -0.25) is 9.36 Å². The Morgan fingerprint density at radius 1 is 1.29 bits per heavy atom. The second-order valence-corrected chi connectivity index (χ2v) is 6.15. The van der Waals surface area contributed by atoms with Gasteiger partial charge in [0.2, 0.25) is 0 Å². The number of benzene rings is 1. The number of carbonyl (C=O) groups is 1. The van der Waals surface area contributed by atoms with Crippen molar-refractivity contribution < 1.29 is 9.90 Å². The molecule has 0 fully saturated rings. The number of thioether (sulfide) groups is 1. The number of nitrogens with two attached hydrogens (primary N) is 1. The Bertz CT molecular complexity index is 935. The molecular formula is C15H15N5O3S.